The molecule has 0 N–H and O–H groups in total. The van der Waals surface area contributed by atoms with Crippen molar-refractivity contribution in [3.63, 3.8) is 0 Å². The van der Waals surface area contributed by atoms with Crippen LogP contribution in [-0.2, 0) is 14.8 Å². The summed E-state index contributed by atoms with van der Waals surface area (Å²) in [5, 5.41) is 0. The minimum Gasteiger partial charge on any atom is -0.475 e. The molecule has 1 atom stereocenters. The molecular weight excluding hydrogens is 499 g/mol. The Kier molecular flexibility index (Phi) is 7.32. The van der Waals surface area contributed by atoms with Crippen molar-refractivity contribution >= 4 is 15.9 Å². The maximum Gasteiger partial charge on any atom is 0.573 e. The number of piperazine rings is 1. The maximum absolute atomic E-state index is 14.0. The quantitative estimate of drug-likeness (QED) is 0.538. The van der Waals surface area contributed by atoms with Crippen molar-refractivity contribution in [2.75, 3.05) is 19.6 Å². The Labute approximate surface area is 199 Å². The summed E-state index contributed by atoms with van der Waals surface area (Å²) in [6, 6.07) is 5.91. The number of sulfonamides is 1. The molecule has 1 saturated heterocycles. The molecule has 0 radical (unpaired) electrons. The highest BCUT2D eigenvalue weighted by Gasteiger charge is 2.41. The van der Waals surface area contributed by atoms with Gasteiger partial charge >= 0.3 is 6.36 Å². The molecular formula is C22H23F5N2O5S. The van der Waals surface area contributed by atoms with E-state index in [4.69, 9.17) is 4.74 Å². The highest BCUT2D eigenvalue weighted by molar-refractivity contribution is 7.89. The Morgan fingerprint density at radius 3 is 2.17 bits per heavy atom. The zero-order valence-electron chi connectivity index (χ0n) is 19.0. The molecule has 192 valence electrons. The molecule has 0 saturated carbocycles. The third-order valence-electron chi connectivity index (χ3n) is 5.32. The minimum absolute atomic E-state index is 0.00676. The topological polar surface area (TPSA) is 76.2 Å². The number of halogens is 5. The smallest absolute Gasteiger partial charge is 0.475 e. The monoisotopic (exact) mass is 522 g/mol. The average Bonchev–Trinajstić information content (AvgIpc) is 2.74. The number of hydrogen-bond acceptors (Lipinski definition) is 5. The average molecular weight is 522 g/mol. The summed E-state index contributed by atoms with van der Waals surface area (Å²) in [6.07, 6.45) is -4.90. The van der Waals surface area contributed by atoms with E-state index in [9.17, 15) is 35.2 Å². The summed E-state index contributed by atoms with van der Waals surface area (Å²) >= 11 is 0. The van der Waals surface area contributed by atoms with Crippen LogP contribution in [0.3, 0.4) is 0 Å². The fourth-order valence-corrected chi connectivity index (χ4v) is 5.14. The number of ether oxygens (including phenoxy) is 2. The largest absolute Gasteiger partial charge is 0.573 e. The van der Waals surface area contributed by atoms with Gasteiger partial charge < -0.3 is 14.4 Å². The van der Waals surface area contributed by atoms with Crippen molar-refractivity contribution in [2.45, 2.75) is 43.7 Å². The Hall–Kier alpha value is -2.93. The molecule has 0 spiro atoms. The number of amides is 1. The van der Waals surface area contributed by atoms with Crippen molar-refractivity contribution in [1.82, 2.24) is 9.21 Å². The predicted octanol–water partition coefficient (Wildman–Crippen LogP) is 3.94. The molecule has 1 aliphatic heterocycles. The molecule has 0 aromatic heterocycles. The van der Waals surface area contributed by atoms with E-state index < -0.39 is 51.3 Å². The first-order valence-electron chi connectivity index (χ1n) is 10.4. The van der Waals surface area contributed by atoms with Gasteiger partial charge in [-0.05, 0) is 57.2 Å². The van der Waals surface area contributed by atoms with Crippen LogP contribution in [0.15, 0.2) is 47.4 Å². The van der Waals surface area contributed by atoms with Crippen LogP contribution < -0.4 is 9.47 Å². The van der Waals surface area contributed by atoms with Gasteiger partial charge in [0.15, 0.2) is 17.2 Å². The molecule has 1 heterocycles. The molecule has 1 unspecified atom stereocenters. The second-order valence-electron chi connectivity index (χ2n) is 8.42. The van der Waals surface area contributed by atoms with Crippen molar-refractivity contribution < 1.29 is 44.6 Å². The predicted molar refractivity (Wildman–Crippen MR) is 114 cm³/mol. The number of alkyl halides is 3. The highest BCUT2D eigenvalue weighted by atomic mass is 32.2. The molecule has 0 aliphatic carbocycles. The zero-order valence-corrected chi connectivity index (χ0v) is 19.8. The van der Waals surface area contributed by atoms with E-state index in [0.29, 0.717) is 6.07 Å². The Balaban J connectivity index is 1.69. The van der Waals surface area contributed by atoms with Gasteiger partial charge in [0.1, 0.15) is 11.6 Å². The third-order valence-corrected chi connectivity index (χ3v) is 7.20. The first-order chi connectivity index (χ1) is 16.1. The van der Waals surface area contributed by atoms with Crippen molar-refractivity contribution in [3.05, 3.63) is 54.1 Å². The molecule has 7 nitrogen and oxygen atoms in total. The van der Waals surface area contributed by atoms with Gasteiger partial charge in [-0.1, -0.05) is 0 Å². The first-order valence-corrected chi connectivity index (χ1v) is 11.9. The molecule has 2 aromatic rings. The molecule has 3 rings (SSSR count). The van der Waals surface area contributed by atoms with Gasteiger partial charge in [-0.2, -0.15) is 4.31 Å². The van der Waals surface area contributed by atoms with E-state index >= 15 is 0 Å². The Morgan fingerprint density at radius 1 is 1.00 bits per heavy atom. The number of nitrogens with zero attached hydrogens (tertiary/aromatic N) is 2. The van der Waals surface area contributed by atoms with Crippen LogP contribution >= 0.6 is 0 Å². The van der Waals surface area contributed by atoms with Crippen LogP contribution in [-0.4, -0.2) is 61.2 Å². The number of carbonyl (C=O) groups is 1. The highest BCUT2D eigenvalue weighted by Crippen LogP contribution is 2.28. The third kappa shape index (κ3) is 6.20. The van der Waals surface area contributed by atoms with E-state index in [1.807, 2.05) is 0 Å². The Bertz CT molecular complexity index is 1190. The summed E-state index contributed by atoms with van der Waals surface area (Å²) in [7, 11) is -4.06. The molecule has 1 aliphatic rings. The lowest BCUT2D eigenvalue weighted by Crippen LogP contribution is -2.60. The fourth-order valence-electron chi connectivity index (χ4n) is 3.63. The summed E-state index contributed by atoms with van der Waals surface area (Å²) in [5.74, 6) is -3.16. The lowest BCUT2D eigenvalue weighted by Gasteiger charge is -2.42. The van der Waals surface area contributed by atoms with Crippen molar-refractivity contribution in [2.24, 2.45) is 0 Å². The van der Waals surface area contributed by atoms with Gasteiger partial charge in [0.25, 0.3) is 5.91 Å². The number of rotatable bonds is 6. The van der Waals surface area contributed by atoms with Gasteiger partial charge in [0, 0.05) is 31.7 Å². The molecule has 0 bridgehead atoms. The summed E-state index contributed by atoms with van der Waals surface area (Å²) in [5.41, 5.74) is -1.54. The standard InChI is InChI=1S/C22H23F5N2O5S/c1-14-13-28(35(31,32)17-7-5-16(6-8-17)33-22(25,26)27)10-11-29(14)20(30)21(2,3)34-19-9-4-15(23)12-18(19)24/h4-9,12,14H,10-11,13H2,1-3H3. The van der Waals surface area contributed by atoms with Gasteiger partial charge in [0.05, 0.1) is 4.90 Å². The second-order valence-corrected chi connectivity index (χ2v) is 10.4. The van der Waals surface area contributed by atoms with E-state index in [1.54, 1.807) is 6.92 Å². The fraction of sp³-hybridized carbons (Fsp3) is 0.409. The van der Waals surface area contributed by atoms with Gasteiger partial charge in [-0.25, -0.2) is 17.2 Å². The van der Waals surface area contributed by atoms with Crippen LogP contribution in [0.2, 0.25) is 0 Å². The normalized spacial score (nSPS) is 17.8. The van der Waals surface area contributed by atoms with Crippen molar-refractivity contribution in [3.8, 4) is 11.5 Å². The van der Waals surface area contributed by atoms with Crippen LogP contribution in [0.5, 0.6) is 11.5 Å². The van der Waals surface area contributed by atoms with Crippen LogP contribution in [0.1, 0.15) is 20.8 Å². The molecule has 2 aromatic carbocycles. The van der Waals surface area contributed by atoms with Crippen LogP contribution in [0, 0.1) is 11.6 Å². The second kappa shape index (κ2) is 9.61. The van der Waals surface area contributed by atoms with E-state index in [2.05, 4.69) is 4.74 Å². The summed E-state index contributed by atoms with van der Waals surface area (Å²) < 4.78 is 100. The molecule has 35 heavy (non-hydrogen) atoms. The molecule has 13 heteroatoms. The summed E-state index contributed by atoms with van der Waals surface area (Å²) in [6.45, 7) is 4.27. The van der Waals surface area contributed by atoms with Gasteiger partial charge in [-0.3, -0.25) is 4.79 Å². The number of carbonyl (C=O) groups excluding carboxylic acids is 1. The van der Waals surface area contributed by atoms with Crippen LogP contribution in [0.25, 0.3) is 0 Å². The van der Waals surface area contributed by atoms with E-state index in [-0.39, 0.29) is 30.3 Å². The Morgan fingerprint density at radius 2 is 1.63 bits per heavy atom. The number of hydrogen-bond donors (Lipinski definition) is 0. The summed E-state index contributed by atoms with van der Waals surface area (Å²) in [4.78, 5) is 14.3. The van der Waals surface area contributed by atoms with E-state index in [1.165, 1.54) is 18.7 Å². The number of benzene rings is 2. The van der Waals surface area contributed by atoms with Gasteiger partial charge in [-0.15, -0.1) is 13.2 Å². The van der Waals surface area contributed by atoms with E-state index in [0.717, 1.165) is 40.7 Å². The minimum atomic E-state index is -4.90. The van der Waals surface area contributed by atoms with Gasteiger partial charge in [0.2, 0.25) is 10.0 Å². The lowest BCUT2D eigenvalue weighted by molar-refractivity contribution is -0.274. The SMILES string of the molecule is CC1CN(S(=O)(=O)c2ccc(OC(F)(F)F)cc2)CCN1C(=O)C(C)(C)Oc1ccc(F)cc1F. The zero-order chi connectivity index (χ0) is 26.2. The lowest BCUT2D eigenvalue weighted by atomic mass is 10.0. The molecule has 1 amide bonds. The van der Waals surface area contributed by atoms with Crippen molar-refractivity contribution in [1.29, 1.82) is 0 Å². The first kappa shape index (κ1) is 26.7. The van der Waals surface area contributed by atoms with Crippen LogP contribution in [0.4, 0.5) is 22.0 Å². The molecule has 1 fully saturated rings. The maximum atomic E-state index is 14.0.